The van der Waals surface area contributed by atoms with Gasteiger partial charge >= 0.3 is 0 Å². The third kappa shape index (κ3) is 4.05. The molecule has 1 aromatic heterocycles. The number of rotatable bonds is 4. The number of piperazine rings is 1. The van der Waals surface area contributed by atoms with Crippen LogP contribution in [0.2, 0.25) is 0 Å². The van der Waals surface area contributed by atoms with Gasteiger partial charge in [-0.25, -0.2) is 13.8 Å². The highest BCUT2D eigenvalue weighted by Gasteiger charge is 2.24. The monoisotopic (exact) mass is 387 g/mol. The molecule has 0 bridgehead atoms. The molecule has 0 unspecified atom stereocenters. The van der Waals surface area contributed by atoms with Crippen LogP contribution in [0.3, 0.4) is 0 Å². The highest BCUT2D eigenvalue weighted by Crippen LogP contribution is 2.20. The van der Waals surface area contributed by atoms with Crippen molar-refractivity contribution in [2.75, 3.05) is 49.1 Å². The molecule has 0 aliphatic carbocycles. The van der Waals surface area contributed by atoms with Gasteiger partial charge in [-0.2, -0.15) is 4.98 Å². The molecule has 0 saturated carbocycles. The molecule has 2 aliphatic rings. The van der Waals surface area contributed by atoms with Crippen molar-refractivity contribution in [3.05, 3.63) is 47.7 Å². The predicted octanol–water partition coefficient (Wildman–Crippen LogP) is 2.25. The smallest absolute Gasteiger partial charge is 0.227 e. The van der Waals surface area contributed by atoms with E-state index in [0.29, 0.717) is 26.2 Å². The first kappa shape index (κ1) is 18.6. The number of carbonyl (C=O) groups is 1. The number of anilines is 2. The Morgan fingerprint density at radius 2 is 1.71 bits per heavy atom. The second-order valence-electron chi connectivity index (χ2n) is 7.19. The number of aromatic nitrogens is 2. The summed E-state index contributed by atoms with van der Waals surface area (Å²) in [5.41, 5.74) is 0.222. The molecule has 0 spiro atoms. The molecule has 2 fully saturated rings. The number of nitrogens with zero attached hydrogens (tertiary/aromatic N) is 5. The zero-order chi connectivity index (χ0) is 19.5. The number of benzene rings is 1. The molecular weight excluding hydrogens is 364 g/mol. The van der Waals surface area contributed by atoms with Gasteiger partial charge in [-0.1, -0.05) is 6.07 Å². The number of hydrogen-bond donors (Lipinski definition) is 0. The molecule has 1 aromatic carbocycles. The largest absolute Gasteiger partial charge is 0.353 e. The predicted molar refractivity (Wildman–Crippen MR) is 102 cm³/mol. The maximum atomic E-state index is 13.8. The zero-order valence-corrected chi connectivity index (χ0v) is 15.7. The normalized spacial score (nSPS) is 17.3. The van der Waals surface area contributed by atoms with Crippen LogP contribution in [0, 0.1) is 11.6 Å². The Labute approximate surface area is 162 Å². The summed E-state index contributed by atoms with van der Waals surface area (Å²) < 4.78 is 26.8. The highest BCUT2D eigenvalue weighted by molar-refractivity contribution is 5.79. The molecule has 6 nitrogen and oxygen atoms in total. The van der Waals surface area contributed by atoms with Crippen molar-refractivity contribution in [3.63, 3.8) is 0 Å². The van der Waals surface area contributed by atoms with Crippen LogP contribution in [0.5, 0.6) is 0 Å². The summed E-state index contributed by atoms with van der Waals surface area (Å²) in [6, 6.07) is 5.22. The van der Waals surface area contributed by atoms with E-state index in [4.69, 9.17) is 0 Å². The summed E-state index contributed by atoms with van der Waals surface area (Å²) in [6.45, 7) is 4.40. The Hall–Kier alpha value is -2.77. The molecule has 8 heteroatoms. The minimum Gasteiger partial charge on any atom is -0.353 e. The Morgan fingerprint density at radius 3 is 2.43 bits per heavy atom. The lowest BCUT2D eigenvalue weighted by atomic mass is 10.1. The van der Waals surface area contributed by atoms with E-state index in [2.05, 4.69) is 19.8 Å². The van der Waals surface area contributed by atoms with Gasteiger partial charge in [-0.15, -0.1) is 0 Å². The molecule has 28 heavy (non-hydrogen) atoms. The molecule has 1 amide bonds. The van der Waals surface area contributed by atoms with Crippen molar-refractivity contribution in [3.8, 4) is 0 Å². The molecule has 3 heterocycles. The lowest BCUT2D eigenvalue weighted by Crippen LogP contribution is -2.49. The van der Waals surface area contributed by atoms with Gasteiger partial charge in [0.15, 0.2) is 0 Å². The first-order valence-electron chi connectivity index (χ1n) is 9.65. The maximum Gasteiger partial charge on any atom is 0.227 e. The number of amides is 1. The fraction of sp³-hybridized carbons (Fsp3) is 0.450. The molecule has 2 aliphatic heterocycles. The average Bonchev–Trinajstić information content (AvgIpc) is 3.25. The van der Waals surface area contributed by atoms with E-state index in [-0.39, 0.29) is 17.9 Å². The quantitative estimate of drug-likeness (QED) is 0.806. The molecule has 2 saturated heterocycles. The molecular formula is C20H23F2N5O. The Kier molecular flexibility index (Phi) is 5.36. The van der Waals surface area contributed by atoms with Crippen molar-refractivity contribution >= 4 is 17.7 Å². The van der Waals surface area contributed by atoms with E-state index in [1.54, 1.807) is 11.1 Å². The Morgan fingerprint density at radius 1 is 0.964 bits per heavy atom. The average molecular weight is 387 g/mol. The number of carbonyl (C=O) groups excluding carboxylic acids is 1. The van der Waals surface area contributed by atoms with Crippen LogP contribution in [0.15, 0.2) is 30.5 Å². The first-order valence-corrected chi connectivity index (χ1v) is 9.65. The van der Waals surface area contributed by atoms with Gasteiger partial charge in [0.05, 0.1) is 6.42 Å². The standard InChI is InChI=1S/C20H23F2N5O/c21-16-4-3-15(17(22)14-16)13-19(28)26-11-9-25(10-12-26)18-5-6-23-20(24-18)27-7-1-2-8-27/h3-6,14H,1-2,7-13H2. The van der Waals surface area contributed by atoms with Gasteiger partial charge in [-0.05, 0) is 30.5 Å². The highest BCUT2D eigenvalue weighted by atomic mass is 19.1. The summed E-state index contributed by atoms with van der Waals surface area (Å²) in [6.07, 6.45) is 4.07. The zero-order valence-electron chi connectivity index (χ0n) is 15.7. The summed E-state index contributed by atoms with van der Waals surface area (Å²) in [7, 11) is 0. The van der Waals surface area contributed by atoms with Crippen molar-refractivity contribution in [1.29, 1.82) is 0 Å². The van der Waals surface area contributed by atoms with Crippen molar-refractivity contribution in [2.24, 2.45) is 0 Å². The molecule has 2 aromatic rings. The van der Waals surface area contributed by atoms with Crippen molar-refractivity contribution in [2.45, 2.75) is 19.3 Å². The SMILES string of the molecule is O=C(Cc1ccc(F)cc1F)N1CCN(c2ccnc(N3CCCC3)n2)CC1. The summed E-state index contributed by atoms with van der Waals surface area (Å²) in [5, 5.41) is 0. The summed E-state index contributed by atoms with van der Waals surface area (Å²) >= 11 is 0. The van der Waals surface area contributed by atoms with E-state index >= 15 is 0 Å². The molecule has 0 radical (unpaired) electrons. The third-order valence-corrected chi connectivity index (χ3v) is 5.33. The lowest BCUT2D eigenvalue weighted by Gasteiger charge is -2.35. The Bertz CT molecular complexity index is 848. The number of hydrogen-bond acceptors (Lipinski definition) is 5. The third-order valence-electron chi connectivity index (χ3n) is 5.33. The van der Waals surface area contributed by atoms with Gasteiger partial charge in [0.2, 0.25) is 11.9 Å². The van der Waals surface area contributed by atoms with E-state index in [9.17, 15) is 13.6 Å². The van der Waals surface area contributed by atoms with Crippen LogP contribution >= 0.6 is 0 Å². The van der Waals surface area contributed by atoms with Crippen LogP contribution in [-0.2, 0) is 11.2 Å². The first-order chi connectivity index (χ1) is 13.6. The molecule has 0 atom stereocenters. The van der Waals surface area contributed by atoms with Gasteiger partial charge in [-0.3, -0.25) is 4.79 Å². The lowest BCUT2D eigenvalue weighted by molar-refractivity contribution is -0.130. The van der Waals surface area contributed by atoms with Crippen LogP contribution < -0.4 is 9.80 Å². The minimum atomic E-state index is -0.678. The van der Waals surface area contributed by atoms with Gasteiger partial charge in [0, 0.05) is 51.5 Å². The second kappa shape index (κ2) is 8.08. The maximum absolute atomic E-state index is 13.8. The fourth-order valence-corrected chi connectivity index (χ4v) is 3.71. The Balaban J connectivity index is 1.35. The molecule has 148 valence electrons. The van der Waals surface area contributed by atoms with Crippen LogP contribution in [0.1, 0.15) is 18.4 Å². The van der Waals surface area contributed by atoms with Crippen molar-refractivity contribution in [1.82, 2.24) is 14.9 Å². The molecule has 4 rings (SSSR count). The van der Waals surface area contributed by atoms with Crippen LogP contribution in [0.25, 0.3) is 0 Å². The van der Waals surface area contributed by atoms with Gasteiger partial charge in [0.25, 0.3) is 0 Å². The second-order valence-corrected chi connectivity index (χ2v) is 7.19. The number of halogens is 2. The van der Waals surface area contributed by atoms with E-state index in [0.717, 1.165) is 30.9 Å². The van der Waals surface area contributed by atoms with E-state index in [1.165, 1.54) is 25.0 Å². The van der Waals surface area contributed by atoms with Crippen LogP contribution in [-0.4, -0.2) is 60.0 Å². The van der Waals surface area contributed by atoms with Crippen molar-refractivity contribution < 1.29 is 13.6 Å². The summed E-state index contributed by atoms with van der Waals surface area (Å²) in [5.74, 6) is 0.169. The minimum absolute atomic E-state index is 0.0568. The van der Waals surface area contributed by atoms with E-state index < -0.39 is 11.6 Å². The fourth-order valence-electron chi connectivity index (χ4n) is 3.71. The topological polar surface area (TPSA) is 52.6 Å². The van der Waals surface area contributed by atoms with Crippen LogP contribution in [0.4, 0.5) is 20.5 Å². The molecule has 0 N–H and O–H groups in total. The van der Waals surface area contributed by atoms with Gasteiger partial charge in [0.1, 0.15) is 17.5 Å². The summed E-state index contributed by atoms with van der Waals surface area (Å²) in [4.78, 5) is 27.6. The van der Waals surface area contributed by atoms with Gasteiger partial charge < -0.3 is 14.7 Å². The van der Waals surface area contributed by atoms with E-state index in [1.807, 2.05) is 6.07 Å².